The number of nitrogen functional groups attached to an aromatic ring is 1. The Hall–Kier alpha value is -1.37. The van der Waals surface area contributed by atoms with Gasteiger partial charge in [-0.3, -0.25) is 0 Å². The highest BCUT2D eigenvalue weighted by Crippen LogP contribution is 2.20. The Morgan fingerprint density at radius 1 is 1.22 bits per heavy atom. The molecular formula is C11H18N4O2S. The Morgan fingerprint density at radius 3 is 2.33 bits per heavy atom. The molecule has 1 saturated heterocycles. The lowest BCUT2D eigenvalue weighted by Crippen LogP contribution is -2.26. The fourth-order valence-corrected chi connectivity index (χ4v) is 2.75. The van der Waals surface area contributed by atoms with Crippen molar-refractivity contribution in [3.63, 3.8) is 0 Å². The summed E-state index contributed by atoms with van der Waals surface area (Å²) in [6.07, 6.45) is 7.06. The summed E-state index contributed by atoms with van der Waals surface area (Å²) in [7, 11) is -3.36. The largest absolute Gasteiger partial charge is 0.382 e. The summed E-state index contributed by atoms with van der Waals surface area (Å²) < 4.78 is 22.8. The first kappa shape index (κ1) is 13.1. The lowest BCUT2D eigenvalue weighted by Gasteiger charge is -2.20. The quantitative estimate of drug-likeness (QED) is 0.856. The molecule has 1 fully saturated rings. The van der Waals surface area contributed by atoms with Gasteiger partial charge in [0.2, 0.25) is 5.95 Å². The third kappa shape index (κ3) is 2.90. The van der Waals surface area contributed by atoms with Gasteiger partial charge in [-0.05, 0) is 12.8 Å². The number of sulfone groups is 1. The van der Waals surface area contributed by atoms with E-state index in [1.807, 2.05) is 0 Å². The third-order valence-corrected chi connectivity index (χ3v) is 4.17. The lowest BCUT2D eigenvalue weighted by atomic mass is 10.2. The highest BCUT2D eigenvalue weighted by Gasteiger charge is 2.17. The number of nitrogens with zero attached hydrogens (tertiary/aromatic N) is 3. The predicted octanol–water partition coefficient (Wildman–Crippen LogP) is 0.843. The topological polar surface area (TPSA) is 89.2 Å². The zero-order valence-corrected chi connectivity index (χ0v) is 11.3. The summed E-state index contributed by atoms with van der Waals surface area (Å²) in [4.78, 5) is 10.3. The monoisotopic (exact) mass is 270 g/mol. The molecular weight excluding hydrogens is 252 g/mol. The van der Waals surface area contributed by atoms with E-state index in [9.17, 15) is 8.42 Å². The maximum absolute atomic E-state index is 11.4. The fraction of sp³-hybridized carbons (Fsp3) is 0.636. The van der Waals surface area contributed by atoms with Crippen LogP contribution in [0.15, 0.2) is 11.1 Å². The van der Waals surface area contributed by atoms with E-state index in [2.05, 4.69) is 14.9 Å². The van der Waals surface area contributed by atoms with Crippen molar-refractivity contribution in [3.8, 4) is 0 Å². The maximum Gasteiger partial charge on any atom is 0.227 e. The molecule has 1 aromatic heterocycles. The molecule has 2 heterocycles. The fourth-order valence-electron chi connectivity index (χ4n) is 2.08. The van der Waals surface area contributed by atoms with Crippen LogP contribution in [0.3, 0.4) is 0 Å². The Morgan fingerprint density at radius 2 is 1.83 bits per heavy atom. The van der Waals surface area contributed by atoms with Gasteiger partial charge < -0.3 is 10.6 Å². The van der Waals surface area contributed by atoms with Crippen molar-refractivity contribution in [2.24, 2.45) is 0 Å². The van der Waals surface area contributed by atoms with Crippen molar-refractivity contribution < 1.29 is 8.42 Å². The summed E-state index contributed by atoms with van der Waals surface area (Å²) in [5, 5.41) is 0. The molecule has 7 heteroatoms. The van der Waals surface area contributed by atoms with Gasteiger partial charge in [0.1, 0.15) is 10.7 Å². The molecule has 0 unspecified atom stereocenters. The number of aromatic nitrogens is 2. The Balaban J connectivity index is 2.28. The van der Waals surface area contributed by atoms with E-state index in [0.29, 0.717) is 5.95 Å². The van der Waals surface area contributed by atoms with Crippen molar-refractivity contribution >= 4 is 21.6 Å². The van der Waals surface area contributed by atoms with Crippen LogP contribution < -0.4 is 10.6 Å². The van der Waals surface area contributed by atoms with E-state index in [-0.39, 0.29) is 10.7 Å². The number of anilines is 2. The summed E-state index contributed by atoms with van der Waals surface area (Å²) in [5.74, 6) is 0.563. The number of nitrogens with two attached hydrogens (primary N) is 1. The number of rotatable bonds is 2. The number of hydrogen-bond acceptors (Lipinski definition) is 6. The van der Waals surface area contributed by atoms with Crippen LogP contribution in [0, 0.1) is 0 Å². The minimum Gasteiger partial charge on any atom is -0.382 e. The van der Waals surface area contributed by atoms with Crippen molar-refractivity contribution in [2.75, 3.05) is 30.0 Å². The highest BCUT2D eigenvalue weighted by molar-refractivity contribution is 7.90. The summed E-state index contributed by atoms with van der Waals surface area (Å²) in [6.45, 7) is 1.80. The standard InChI is InChI=1S/C11H18N4O2S/c1-18(16,17)9-8-13-11(14-10(9)12)15-6-4-2-3-5-7-15/h8H,2-7H2,1H3,(H2,12,13,14). The predicted molar refractivity (Wildman–Crippen MR) is 70.2 cm³/mol. The molecule has 0 bridgehead atoms. The van der Waals surface area contributed by atoms with Crippen LogP contribution in [-0.2, 0) is 9.84 Å². The Labute approximate surface area is 107 Å². The second-order valence-corrected chi connectivity index (χ2v) is 6.58. The molecule has 2 N–H and O–H groups in total. The van der Waals surface area contributed by atoms with E-state index in [4.69, 9.17) is 5.73 Å². The van der Waals surface area contributed by atoms with Crippen LogP contribution in [0.25, 0.3) is 0 Å². The van der Waals surface area contributed by atoms with Crippen LogP contribution in [0.5, 0.6) is 0 Å². The van der Waals surface area contributed by atoms with Crippen molar-refractivity contribution in [2.45, 2.75) is 30.6 Å². The Bertz CT molecular complexity index is 522. The summed E-state index contributed by atoms with van der Waals surface area (Å²) >= 11 is 0. The van der Waals surface area contributed by atoms with Gasteiger partial charge in [0.25, 0.3) is 0 Å². The van der Waals surface area contributed by atoms with Crippen LogP contribution >= 0.6 is 0 Å². The molecule has 0 radical (unpaired) electrons. The number of hydrogen-bond donors (Lipinski definition) is 1. The van der Waals surface area contributed by atoms with Gasteiger partial charge >= 0.3 is 0 Å². The molecule has 0 aromatic carbocycles. The van der Waals surface area contributed by atoms with Gasteiger partial charge in [0.05, 0.1) is 6.20 Å². The maximum atomic E-state index is 11.4. The minimum absolute atomic E-state index is 0.000993. The van der Waals surface area contributed by atoms with Crippen molar-refractivity contribution in [1.82, 2.24) is 9.97 Å². The molecule has 1 aromatic rings. The average Bonchev–Trinajstić information content (AvgIpc) is 2.55. The molecule has 2 rings (SSSR count). The van der Waals surface area contributed by atoms with Gasteiger partial charge in [-0.2, -0.15) is 4.98 Å². The molecule has 1 aliphatic heterocycles. The smallest absolute Gasteiger partial charge is 0.227 e. The first-order valence-electron chi connectivity index (χ1n) is 6.06. The van der Waals surface area contributed by atoms with Gasteiger partial charge in [-0.15, -0.1) is 0 Å². The Kier molecular flexibility index (Phi) is 3.70. The van der Waals surface area contributed by atoms with Crippen molar-refractivity contribution in [3.05, 3.63) is 6.20 Å². The molecule has 0 amide bonds. The second-order valence-electron chi connectivity index (χ2n) is 4.59. The zero-order chi connectivity index (χ0) is 13.2. The first-order chi connectivity index (χ1) is 8.48. The normalized spacial score (nSPS) is 17.5. The molecule has 1 aliphatic rings. The molecule has 6 nitrogen and oxygen atoms in total. The SMILES string of the molecule is CS(=O)(=O)c1cnc(N2CCCCCC2)nc1N. The van der Waals surface area contributed by atoms with E-state index in [0.717, 1.165) is 32.2 Å². The average molecular weight is 270 g/mol. The van der Waals surface area contributed by atoms with Crippen molar-refractivity contribution in [1.29, 1.82) is 0 Å². The first-order valence-corrected chi connectivity index (χ1v) is 7.95. The van der Waals surface area contributed by atoms with Gasteiger partial charge in [0.15, 0.2) is 9.84 Å². The molecule has 0 atom stereocenters. The van der Waals surface area contributed by atoms with Crippen LogP contribution in [0.2, 0.25) is 0 Å². The van der Waals surface area contributed by atoms with E-state index in [1.54, 1.807) is 0 Å². The highest BCUT2D eigenvalue weighted by atomic mass is 32.2. The van der Waals surface area contributed by atoms with Crippen LogP contribution in [0.4, 0.5) is 11.8 Å². The van der Waals surface area contributed by atoms with Gasteiger partial charge in [-0.25, -0.2) is 13.4 Å². The molecule has 18 heavy (non-hydrogen) atoms. The second kappa shape index (κ2) is 5.09. The molecule has 0 spiro atoms. The van der Waals surface area contributed by atoms with E-state index >= 15 is 0 Å². The minimum atomic E-state index is -3.36. The van der Waals surface area contributed by atoms with Gasteiger partial charge in [-0.1, -0.05) is 12.8 Å². The van der Waals surface area contributed by atoms with Gasteiger partial charge in [0, 0.05) is 19.3 Å². The summed E-state index contributed by atoms with van der Waals surface area (Å²) in [5.41, 5.74) is 5.70. The lowest BCUT2D eigenvalue weighted by molar-refractivity contribution is 0.601. The molecule has 0 saturated carbocycles. The zero-order valence-electron chi connectivity index (χ0n) is 10.5. The van der Waals surface area contributed by atoms with Crippen LogP contribution in [0.1, 0.15) is 25.7 Å². The third-order valence-electron chi connectivity index (χ3n) is 3.06. The van der Waals surface area contributed by atoms with Crippen LogP contribution in [-0.4, -0.2) is 37.7 Å². The molecule has 100 valence electrons. The summed E-state index contributed by atoms with van der Waals surface area (Å²) in [6, 6.07) is 0. The molecule has 0 aliphatic carbocycles. The van der Waals surface area contributed by atoms with E-state index in [1.165, 1.54) is 19.0 Å². The van der Waals surface area contributed by atoms with E-state index < -0.39 is 9.84 Å².